The zero-order valence-electron chi connectivity index (χ0n) is 9.53. The predicted molar refractivity (Wildman–Crippen MR) is 56.6 cm³/mol. The fraction of sp³-hybridized carbons (Fsp3) is 0.636. The topological polar surface area (TPSA) is 64.4 Å². The average Bonchev–Trinajstić information content (AvgIpc) is 2.90. The fourth-order valence-electron chi connectivity index (χ4n) is 1.65. The Balaban J connectivity index is 1.73. The van der Waals surface area contributed by atoms with Gasteiger partial charge in [-0.15, -0.1) is 0 Å². The monoisotopic (exact) mass is 224 g/mol. The number of amides is 1. The van der Waals surface area contributed by atoms with E-state index in [1.165, 1.54) is 0 Å². The molecule has 5 nitrogen and oxygen atoms in total. The second kappa shape index (κ2) is 4.65. The van der Waals surface area contributed by atoms with Gasteiger partial charge < -0.3 is 14.6 Å². The molecule has 0 saturated heterocycles. The van der Waals surface area contributed by atoms with Crippen LogP contribution in [-0.4, -0.2) is 23.8 Å². The molecule has 0 aliphatic heterocycles. The van der Waals surface area contributed by atoms with E-state index in [2.05, 4.69) is 10.5 Å². The van der Waals surface area contributed by atoms with Crippen LogP contribution in [0.3, 0.4) is 0 Å². The first-order chi connectivity index (χ1) is 7.70. The molecule has 0 spiro atoms. The van der Waals surface area contributed by atoms with Crippen molar-refractivity contribution in [3.05, 3.63) is 17.5 Å². The highest BCUT2D eigenvalue weighted by Crippen LogP contribution is 2.33. The van der Waals surface area contributed by atoms with Gasteiger partial charge in [0.1, 0.15) is 0 Å². The highest BCUT2D eigenvalue weighted by molar-refractivity contribution is 5.81. The summed E-state index contributed by atoms with van der Waals surface area (Å²) in [6, 6.07) is 1.81. The van der Waals surface area contributed by atoms with E-state index in [9.17, 15) is 4.79 Å². The van der Waals surface area contributed by atoms with Crippen molar-refractivity contribution >= 4 is 5.91 Å². The van der Waals surface area contributed by atoms with Crippen LogP contribution in [0.4, 0.5) is 0 Å². The lowest BCUT2D eigenvalue weighted by Gasteiger charge is -2.02. The molecule has 1 aromatic rings. The van der Waals surface area contributed by atoms with Crippen LogP contribution >= 0.6 is 0 Å². The van der Waals surface area contributed by atoms with Gasteiger partial charge in [-0.3, -0.25) is 4.79 Å². The van der Waals surface area contributed by atoms with Crippen LogP contribution in [0.25, 0.3) is 0 Å². The predicted octanol–water partition coefficient (Wildman–Crippen LogP) is 1.02. The molecule has 2 rings (SSSR count). The number of hydrogen-bond acceptors (Lipinski definition) is 4. The van der Waals surface area contributed by atoms with Gasteiger partial charge in [0, 0.05) is 12.7 Å². The number of carbonyl (C=O) groups excluding carboxylic acids is 1. The van der Waals surface area contributed by atoms with Crippen molar-refractivity contribution in [2.24, 2.45) is 5.92 Å². The summed E-state index contributed by atoms with van der Waals surface area (Å²) in [4.78, 5) is 11.6. The molecule has 0 unspecified atom stereocenters. The zero-order valence-corrected chi connectivity index (χ0v) is 9.53. The lowest BCUT2D eigenvalue weighted by molar-refractivity contribution is -0.123. The van der Waals surface area contributed by atoms with Crippen LogP contribution in [0.1, 0.15) is 24.8 Å². The second-order valence-corrected chi connectivity index (χ2v) is 3.99. The van der Waals surface area contributed by atoms with Crippen LogP contribution in [0.2, 0.25) is 0 Å². The van der Waals surface area contributed by atoms with Crippen molar-refractivity contribution in [2.45, 2.75) is 32.9 Å². The molecule has 0 aromatic carbocycles. The van der Waals surface area contributed by atoms with E-state index in [0.717, 1.165) is 12.1 Å². The second-order valence-electron chi connectivity index (χ2n) is 3.99. The largest absolute Gasteiger partial charge is 0.378 e. The summed E-state index contributed by atoms with van der Waals surface area (Å²) in [7, 11) is 0. The third-order valence-corrected chi connectivity index (χ3v) is 2.56. The Morgan fingerprint density at radius 2 is 2.56 bits per heavy atom. The van der Waals surface area contributed by atoms with Crippen LogP contribution < -0.4 is 5.32 Å². The Bertz CT molecular complexity index is 375. The summed E-state index contributed by atoms with van der Waals surface area (Å²) in [5, 5.41) is 6.56. The smallest absolute Gasteiger partial charge is 0.226 e. The highest BCUT2D eigenvalue weighted by atomic mass is 16.5. The molecule has 0 bridgehead atoms. The Morgan fingerprint density at radius 1 is 1.75 bits per heavy atom. The lowest BCUT2D eigenvalue weighted by Crippen LogP contribution is -2.25. The van der Waals surface area contributed by atoms with Crippen LogP contribution in [-0.2, 0) is 16.1 Å². The fourth-order valence-corrected chi connectivity index (χ4v) is 1.65. The van der Waals surface area contributed by atoms with E-state index < -0.39 is 0 Å². The third-order valence-electron chi connectivity index (χ3n) is 2.56. The van der Waals surface area contributed by atoms with Gasteiger partial charge >= 0.3 is 0 Å². The van der Waals surface area contributed by atoms with E-state index in [1.807, 2.05) is 19.9 Å². The number of rotatable bonds is 5. The number of ether oxygens (including phenoxy) is 1. The maximum Gasteiger partial charge on any atom is 0.226 e. The molecule has 1 fully saturated rings. The van der Waals surface area contributed by atoms with E-state index in [1.54, 1.807) is 0 Å². The zero-order chi connectivity index (χ0) is 11.5. The van der Waals surface area contributed by atoms with Crippen molar-refractivity contribution < 1.29 is 14.1 Å². The van der Waals surface area contributed by atoms with Crippen molar-refractivity contribution in [1.29, 1.82) is 0 Å². The SMILES string of the molecule is CCO[C@@H]1C[C@H]1C(=O)NCc1cc(C)no1. The molecule has 5 heteroatoms. The molecule has 1 aromatic heterocycles. The summed E-state index contributed by atoms with van der Waals surface area (Å²) >= 11 is 0. The minimum absolute atomic E-state index is 0.0176. The molecule has 1 N–H and O–H groups in total. The lowest BCUT2D eigenvalue weighted by atomic mass is 10.3. The number of aryl methyl sites for hydroxylation is 1. The molecular weight excluding hydrogens is 208 g/mol. The Morgan fingerprint density at radius 3 is 3.19 bits per heavy atom. The first kappa shape index (κ1) is 11.1. The van der Waals surface area contributed by atoms with Gasteiger partial charge in [-0.05, 0) is 20.3 Å². The van der Waals surface area contributed by atoms with Crippen molar-refractivity contribution in [3.8, 4) is 0 Å². The normalized spacial score (nSPS) is 23.1. The maximum absolute atomic E-state index is 11.6. The minimum atomic E-state index is 0.0176. The maximum atomic E-state index is 11.6. The molecule has 1 aliphatic rings. The first-order valence-corrected chi connectivity index (χ1v) is 5.52. The average molecular weight is 224 g/mol. The third kappa shape index (κ3) is 2.61. The molecular formula is C11H16N2O3. The van der Waals surface area contributed by atoms with Crippen molar-refractivity contribution in [3.63, 3.8) is 0 Å². The van der Waals surface area contributed by atoms with E-state index in [4.69, 9.17) is 9.26 Å². The van der Waals surface area contributed by atoms with E-state index in [0.29, 0.717) is 18.9 Å². The van der Waals surface area contributed by atoms with Gasteiger partial charge in [0.2, 0.25) is 5.91 Å². The van der Waals surface area contributed by atoms with E-state index in [-0.39, 0.29) is 17.9 Å². The number of hydrogen-bond donors (Lipinski definition) is 1. The summed E-state index contributed by atoms with van der Waals surface area (Å²) in [6.45, 7) is 4.84. The van der Waals surface area contributed by atoms with Gasteiger partial charge in [0.05, 0.1) is 24.3 Å². The number of aromatic nitrogens is 1. The summed E-state index contributed by atoms with van der Waals surface area (Å²) in [6.07, 6.45) is 0.941. The molecule has 1 saturated carbocycles. The standard InChI is InChI=1S/C11H16N2O3/c1-3-15-10-5-9(10)11(14)12-6-8-4-7(2)13-16-8/h4,9-10H,3,5-6H2,1-2H3,(H,12,14)/t9-,10-/m1/s1. The number of carbonyl (C=O) groups is 1. The number of nitrogens with zero attached hydrogens (tertiary/aromatic N) is 1. The summed E-state index contributed by atoms with van der Waals surface area (Å²) in [5.74, 6) is 0.732. The Hall–Kier alpha value is -1.36. The van der Waals surface area contributed by atoms with Crippen molar-refractivity contribution in [2.75, 3.05) is 6.61 Å². The van der Waals surface area contributed by atoms with Gasteiger partial charge in [-0.1, -0.05) is 5.16 Å². The van der Waals surface area contributed by atoms with Crippen LogP contribution in [0, 0.1) is 12.8 Å². The minimum Gasteiger partial charge on any atom is -0.378 e. The molecule has 0 radical (unpaired) electrons. The van der Waals surface area contributed by atoms with Gasteiger partial charge in [0.25, 0.3) is 0 Å². The summed E-state index contributed by atoms with van der Waals surface area (Å²) < 4.78 is 10.3. The van der Waals surface area contributed by atoms with Crippen molar-refractivity contribution in [1.82, 2.24) is 10.5 Å². The molecule has 1 heterocycles. The van der Waals surface area contributed by atoms with E-state index >= 15 is 0 Å². The van der Waals surface area contributed by atoms with Gasteiger partial charge in [0.15, 0.2) is 5.76 Å². The molecule has 88 valence electrons. The van der Waals surface area contributed by atoms with Gasteiger partial charge in [-0.25, -0.2) is 0 Å². The molecule has 16 heavy (non-hydrogen) atoms. The quantitative estimate of drug-likeness (QED) is 0.811. The molecule has 2 atom stereocenters. The first-order valence-electron chi connectivity index (χ1n) is 5.52. The highest BCUT2D eigenvalue weighted by Gasteiger charge is 2.43. The van der Waals surface area contributed by atoms with Gasteiger partial charge in [-0.2, -0.15) is 0 Å². The van der Waals surface area contributed by atoms with Crippen LogP contribution in [0.15, 0.2) is 10.6 Å². The molecule has 1 amide bonds. The Labute approximate surface area is 94.1 Å². The Kier molecular flexibility index (Phi) is 3.24. The summed E-state index contributed by atoms with van der Waals surface area (Å²) in [5.41, 5.74) is 0.822. The molecule has 1 aliphatic carbocycles. The van der Waals surface area contributed by atoms with Crippen LogP contribution in [0.5, 0.6) is 0 Å². The number of nitrogens with one attached hydrogen (secondary N) is 1.